The maximum atomic E-state index is 13.2. The van der Waals surface area contributed by atoms with Gasteiger partial charge in [0.2, 0.25) is 11.8 Å². The molecule has 7 heteroatoms. The fraction of sp³-hybridized carbons (Fsp3) is 0.857. The van der Waals surface area contributed by atoms with Crippen LogP contribution in [0.15, 0.2) is 4.52 Å². The molecule has 0 bridgehead atoms. The molecule has 1 unspecified atom stereocenters. The fourth-order valence-electron chi connectivity index (χ4n) is 4.83. The van der Waals surface area contributed by atoms with Crippen molar-refractivity contribution in [2.24, 2.45) is 5.92 Å². The van der Waals surface area contributed by atoms with E-state index in [1.807, 2.05) is 11.8 Å². The van der Waals surface area contributed by atoms with Crippen LogP contribution in [0, 0.1) is 5.92 Å². The minimum absolute atomic E-state index is 0.103. The zero-order valence-corrected chi connectivity index (χ0v) is 17.5. The van der Waals surface area contributed by atoms with E-state index in [1.165, 1.54) is 32.4 Å². The summed E-state index contributed by atoms with van der Waals surface area (Å²) in [6.07, 6.45) is 8.10. The Morgan fingerprint density at radius 2 is 1.93 bits per heavy atom. The lowest BCUT2D eigenvalue weighted by Gasteiger charge is -2.42. The van der Waals surface area contributed by atoms with Gasteiger partial charge in [-0.2, -0.15) is 4.98 Å². The minimum atomic E-state index is 0.103. The molecule has 0 aromatic carbocycles. The van der Waals surface area contributed by atoms with Crippen LogP contribution in [0.4, 0.5) is 0 Å². The molecule has 28 heavy (non-hydrogen) atoms. The molecule has 1 aliphatic carbocycles. The van der Waals surface area contributed by atoms with Crippen molar-refractivity contribution in [2.45, 2.75) is 70.4 Å². The molecule has 1 aromatic rings. The molecule has 1 amide bonds. The van der Waals surface area contributed by atoms with Gasteiger partial charge >= 0.3 is 0 Å². The zero-order valence-electron chi connectivity index (χ0n) is 17.5. The second-order valence-electron chi connectivity index (χ2n) is 8.90. The lowest BCUT2D eigenvalue weighted by molar-refractivity contribution is -0.138. The molecule has 2 aliphatic heterocycles. The van der Waals surface area contributed by atoms with E-state index in [4.69, 9.17) is 4.52 Å². The molecule has 1 aromatic heterocycles. The van der Waals surface area contributed by atoms with E-state index < -0.39 is 0 Å². The van der Waals surface area contributed by atoms with Crippen LogP contribution in [0.25, 0.3) is 0 Å². The van der Waals surface area contributed by atoms with Gasteiger partial charge in [0, 0.05) is 25.0 Å². The van der Waals surface area contributed by atoms with Crippen molar-refractivity contribution >= 4 is 5.91 Å². The van der Waals surface area contributed by atoms with Gasteiger partial charge in [-0.05, 0) is 72.1 Å². The Morgan fingerprint density at radius 3 is 2.61 bits per heavy atom. The Hall–Kier alpha value is -1.47. The monoisotopic (exact) mass is 389 g/mol. The number of nitrogens with zero attached hydrogens (tertiary/aromatic N) is 5. The number of likely N-dealkylation sites (tertiary alicyclic amines) is 2. The van der Waals surface area contributed by atoms with E-state index in [0.29, 0.717) is 30.9 Å². The highest BCUT2D eigenvalue weighted by atomic mass is 16.5. The second kappa shape index (κ2) is 8.91. The third-order valence-electron chi connectivity index (χ3n) is 6.97. The summed E-state index contributed by atoms with van der Waals surface area (Å²) < 4.78 is 5.43. The average Bonchev–Trinajstić information content (AvgIpc) is 3.12. The first-order chi connectivity index (χ1) is 13.6. The number of rotatable bonds is 6. The first kappa shape index (κ1) is 19.8. The van der Waals surface area contributed by atoms with Crippen molar-refractivity contribution in [1.29, 1.82) is 0 Å². The Bertz CT molecular complexity index is 651. The summed E-state index contributed by atoms with van der Waals surface area (Å²) in [5, 5.41) is 4.13. The van der Waals surface area contributed by atoms with Crippen LogP contribution >= 0.6 is 0 Å². The van der Waals surface area contributed by atoms with Gasteiger partial charge in [-0.3, -0.25) is 9.69 Å². The third-order valence-corrected chi connectivity index (χ3v) is 6.97. The summed E-state index contributed by atoms with van der Waals surface area (Å²) in [6.45, 7) is 7.59. The van der Waals surface area contributed by atoms with Crippen molar-refractivity contribution in [1.82, 2.24) is 24.8 Å². The van der Waals surface area contributed by atoms with Crippen LogP contribution in [-0.2, 0) is 11.3 Å². The van der Waals surface area contributed by atoms with E-state index in [-0.39, 0.29) is 11.8 Å². The standard InChI is InChI=1S/C21H35N5O2/c1-3-25(15-19-22-20(28-23-19)16-6-4-7-16)21(27)17-8-5-11-26(14-17)18-9-12-24(2)13-10-18/h16-18H,3-15H2,1-2H3. The quantitative estimate of drug-likeness (QED) is 0.745. The van der Waals surface area contributed by atoms with Gasteiger partial charge in [0.05, 0.1) is 12.5 Å². The maximum Gasteiger partial charge on any atom is 0.229 e. The Balaban J connectivity index is 1.34. The number of aromatic nitrogens is 2. The van der Waals surface area contributed by atoms with Gasteiger partial charge in [-0.15, -0.1) is 0 Å². The molecule has 7 nitrogen and oxygen atoms in total. The SMILES string of the molecule is CCN(Cc1noc(C2CCC2)n1)C(=O)C1CCCN(C2CCN(C)CC2)C1. The summed E-state index contributed by atoms with van der Waals surface area (Å²) in [7, 11) is 2.20. The second-order valence-corrected chi connectivity index (χ2v) is 8.90. The van der Waals surface area contributed by atoms with Crippen LogP contribution in [0.2, 0.25) is 0 Å². The van der Waals surface area contributed by atoms with Crippen LogP contribution in [-0.4, -0.2) is 76.6 Å². The molecule has 0 spiro atoms. The molecular weight excluding hydrogens is 354 g/mol. The Labute approximate surface area is 168 Å². The summed E-state index contributed by atoms with van der Waals surface area (Å²) in [5.74, 6) is 2.21. The lowest BCUT2D eigenvalue weighted by Crippen LogP contribution is -2.50. The number of piperidine rings is 2. The Kier molecular flexibility index (Phi) is 6.31. The van der Waals surface area contributed by atoms with Gasteiger partial charge in [0.1, 0.15) is 0 Å². The van der Waals surface area contributed by atoms with Gasteiger partial charge in [-0.25, -0.2) is 0 Å². The molecule has 2 saturated heterocycles. The molecular formula is C21H35N5O2. The highest BCUT2D eigenvalue weighted by Crippen LogP contribution is 2.35. The lowest BCUT2D eigenvalue weighted by atomic mass is 9.85. The molecule has 3 fully saturated rings. The van der Waals surface area contributed by atoms with Gasteiger partial charge in [0.15, 0.2) is 5.82 Å². The molecule has 156 valence electrons. The molecule has 4 rings (SSSR count). The van der Waals surface area contributed by atoms with Crippen LogP contribution in [0.1, 0.15) is 69.5 Å². The van der Waals surface area contributed by atoms with Crippen molar-refractivity contribution in [3.05, 3.63) is 11.7 Å². The third kappa shape index (κ3) is 4.40. The summed E-state index contributed by atoms with van der Waals surface area (Å²) in [5.41, 5.74) is 0. The predicted molar refractivity (Wildman–Crippen MR) is 107 cm³/mol. The molecule has 3 aliphatic rings. The van der Waals surface area contributed by atoms with E-state index in [9.17, 15) is 4.79 Å². The number of amides is 1. The van der Waals surface area contributed by atoms with E-state index in [0.717, 1.165) is 44.7 Å². The fourth-order valence-corrected chi connectivity index (χ4v) is 4.83. The maximum absolute atomic E-state index is 13.2. The summed E-state index contributed by atoms with van der Waals surface area (Å²) >= 11 is 0. The van der Waals surface area contributed by atoms with Crippen LogP contribution in [0.5, 0.6) is 0 Å². The molecule has 1 atom stereocenters. The van der Waals surface area contributed by atoms with Crippen molar-refractivity contribution in [3.63, 3.8) is 0 Å². The number of carbonyl (C=O) groups excluding carboxylic acids is 1. The number of carbonyl (C=O) groups is 1. The number of hydrogen-bond acceptors (Lipinski definition) is 6. The molecule has 0 radical (unpaired) electrons. The molecule has 1 saturated carbocycles. The first-order valence-corrected chi connectivity index (χ1v) is 11.2. The van der Waals surface area contributed by atoms with E-state index >= 15 is 0 Å². The van der Waals surface area contributed by atoms with Crippen LogP contribution in [0.3, 0.4) is 0 Å². The highest BCUT2D eigenvalue weighted by Gasteiger charge is 2.33. The van der Waals surface area contributed by atoms with Gasteiger partial charge in [0.25, 0.3) is 0 Å². The largest absolute Gasteiger partial charge is 0.339 e. The predicted octanol–water partition coefficient (Wildman–Crippen LogP) is 2.49. The van der Waals surface area contributed by atoms with Crippen molar-refractivity contribution < 1.29 is 9.32 Å². The topological polar surface area (TPSA) is 65.7 Å². The highest BCUT2D eigenvalue weighted by molar-refractivity contribution is 5.79. The van der Waals surface area contributed by atoms with E-state index in [1.54, 1.807) is 0 Å². The van der Waals surface area contributed by atoms with Gasteiger partial charge in [-0.1, -0.05) is 11.6 Å². The van der Waals surface area contributed by atoms with E-state index in [2.05, 4.69) is 27.0 Å². The van der Waals surface area contributed by atoms with Crippen molar-refractivity contribution in [2.75, 3.05) is 39.8 Å². The number of hydrogen-bond donors (Lipinski definition) is 0. The average molecular weight is 390 g/mol. The smallest absolute Gasteiger partial charge is 0.229 e. The summed E-state index contributed by atoms with van der Waals surface area (Å²) in [6, 6.07) is 0.643. The first-order valence-electron chi connectivity index (χ1n) is 11.2. The molecule has 0 N–H and O–H groups in total. The molecule has 3 heterocycles. The minimum Gasteiger partial charge on any atom is -0.339 e. The summed E-state index contributed by atoms with van der Waals surface area (Å²) in [4.78, 5) is 24.7. The zero-order chi connectivity index (χ0) is 19.5. The van der Waals surface area contributed by atoms with Crippen LogP contribution < -0.4 is 0 Å². The Morgan fingerprint density at radius 1 is 1.14 bits per heavy atom. The van der Waals surface area contributed by atoms with Crippen molar-refractivity contribution in [3.8, 4) is 0 Å². The normalized spacial score (nSPS) is 25.6. The van der Waals surface area contributed by atoms with Gasteiger partial charge < -0.3 is 14.3 Å².